The smallest absolute Gasteiger partial charge is 0.0147 e. The van der Waals surface area contributed by atoms with Crippen molar-refractivity contribution in [2.45, 2.75) is 12.8 Å². The first-order valence-corrected chi connectivity index (χ1v) is 4.12. The van der Waals surface area contributed by atoms with Gasteiger partial charge in [0.05, 0.1) is 0 Å². The van der Waals surface area contributed by atoms with Gasteiger partial charge in [-0.3, -0.25) is 0 Å². The standard InChI is InChI=1S/C11H13N/c1-12-10-6-5-9-11-7-3-2-4-8-11/h2-4,7-8,12H,5,9H2,1H3. The van der Waals surface area contributed by atoms with Crippen LogP contribution in [0.15, 0.2) is 30.3 Å². The molecule has 0 aromatic heterocycles. The molecule has 0 spiro atoms. The maximum atomic E-state index is 3.02. The van der Waals surface area contributed by atoms with Crippen molar-refractivity contribution < 1.29 is 0 Å². The van der Waals surface area contributed by atoms with Crippen LogP contribution in [-0.4, -0.2) is 7.05 Å². The number of benzene rings is 1. The van der Waals surface area contributed by atoms with Gasteiger partial charge in [0.25, 0.3) is 0 Å². The molecule has 0 unspecified atom stereocenters. The lowest BCUT2D eigenvalue weighted by molar-refractivity contribution is 1.02. The van der Waals surface area contributed by atoms with E-state index >= 15 is 0 Å². The number of rotatable bonds is 2. The van der Waals surface area contributed by atoms with Crippen molar-refractivity contribution >= 4 is 0 Å². The van der Waals surface area contributed by atoms with Crippen LogP contribution >= 0.6 is 0 Å². The molecule has 1 nitrogen and oxygen atoms in total. The summed E-state index contributed by atoms with van der Waals surface area (Å²) in [6.45, 7) is 0. The Morgan fingerprint density at radius 1 is 1.25 bits per heavy atom. The highest BCUT2D eigenvalue weighted by Gasteiger charge is 1.86. The van der Waals surface area contributed by atoms with Gasteiger partial charge in [0.2, 0.25) is 0 Å². The minimum atomic E-state index is 0.921. The van der Waals surface area contributed by atoms with Crippen LogP contribution in [0.2, 0.25) is 0 Å². The van der Waals surface area contributed by atoms with E-state index in [2.05, 4.69) is 41.5 Å². The van der Waals surface area contributed by atoms with Crippen LogP contribution in [0.4, 0.5) is 0 Å². The van der Waals surface area contributed by atoms with E-state index in [1.807, 2.05) is 13.1 Å². The summed E-state index contributed by atoms with van der Waals surface area (Å²) in [7, 11) is 1.83. The van der Waals surface area contributed by atoms with Gasteiger partial charge in [-0.2, -0.15) is 0 Å². The molecule has 0 fully saturated rings. The van der Waals surface area contributed by atoms with E-state index in [9.17, 15) is 0 Å². The summed E-state index contributed by atoms with van der Waals surface area (Å²) < 4.78 is 0. The summed E-state index contributed by atoms with van der Waals surface area (Å²) >= 11 is 0. The van der Waals surface area contributed by atoms with Crippen molar-refractivity contribution in [3.05, 3.63) is 35.9 Å². The summed E-state index contributed by atoms with van der Waals surface area (Å²) in [6.07, 6.45) is 1.96. The molecule has 62 valence electrons. The molecule has 1 heteroatoms. The van der Waals surface area contributed by atoms with E-state index in [0.29, 0.717) is 0 Å². The fourth-order valence-corrected chi connectivity index (χ4v) is 1.00. The Labute approximate surface area is 73.8 Å². The van der Waals surface area contributed by atoms with Gasteiger partial charge in [-0.25, -0.2) is 0 Å². The fourth-order valence-electron chi connectivity index (χ4n) is 1.00. The Bertz CT molecular complexity index is 266. The molecular formula is C11H13N. The van der Waals surface area contributed by atoms with Crippen LogP contribution in [0, 0.1) is 12.0 Å². The Morgan fingerprint density at radius 3 is 2.67 bits per heavy atom. The molecule has 0 saturated carbocycles. The Morgan fingerprint density at radius 2 is 2.00 bits per heavy atom. The number of aryl methyl sites for hydroxylation is 1. The van der Waals surface area contributed by atoms with Gasteiger partial charge >= 0.3 is 0 Å². The van der Waals surface area contributed by atoms with Crippen molar-refractivity contribution in [2.24, 2.45) is 0 Å². The molecule has 0 radical (unpaired) electrons. The number of hydrogen-bond donors (Lipinski definition) is 1. The van der Waals surface area contributed by atoms with E-state index < -0.39 is 0 Å². The van der Waals surface area contributed by atoms with E-state index in [1.165, 1.54) is 5.56 Å². The second-order valence-electron chi connectivity index (χ2n) is 2.54. The molecule has 0 aliphatic rings. The molecule has 1 aromatic rings. The van der Waals surface area contributed by atoms with Crippen LogP contribution in [0.3, 0.4) is 0 Å². The van der Waals surface area contributed by atoms with Crippen molar-refractivity contribution in [1.29, 1.82) is 0 Å². The number of nitrogens with one attached hydrogen (secondary N) is 1. The predicted molar refractivity (Wildman–Crippen MR) is 51.6 cm³/mol. The molecule has 1 aromatic carbocycles. The lowest BCUT2D eigenvalue weighted by Crippen LogP contribution is -1.92. The molecular weight excluding hydrogens is 146 g/mol. The van der Waals surface area contributed by atoms with Crippen LogP contribution in [0.25, 0.3) is 0 Å². The summed E-state index contributed by atoms with van der Waals surface area (Å²) in [5.74, 6) is 3.02. The van der Waals surface area contributed by atoms with Crippen LogP contribution < -0.4 is 5.32 Å². The quantitative estimate of drug-likeness (QED) is 0.512. The van der Waals surface area contributed by atoms with Crippen molar-refractivity contribution in [2.75, 3.05) is 7.05 Å². The zero-order chi connectivity index (χ0) is 8.65. The highest BCUT2D eigenvalue weighted by Crippen LogP contribution is 2.00. The molecule has 0 atom stereocenters. The normalized spacial score (nSPS) is 8.42. The SMILES string of the molecule is CNC#CCCc1ccccc1. The van der Waals surface area contributed by atoms with Gasteiger partial charge < -0.3 is 5.32 Å². The van der Waals surface area contributed by atoms with Gasteiger partial charge in [0.15, 0.2) is 0 Å². The fraction of sp³-hybridized carbons (Fsp3) is 0.273. The first kappa shape index (κ1) is 8.67. The van der Waals surface area contributed by atoms with Gasteiger partial charge in [0, 0.05) is 19.5 Å². The lowest BCUT2D eigenvalue weighted by Gasteiger charge is -1.94. The third-order valence-corrected chi connectivity index (χ3v) is 1.59. The first-order chi connectivity index (χ1) is 5.93. The van der Waals surface area contributed by atoms with E-state index in [-0.39, 0.29) is 0 Å². The monoisotopic (exact) mass is 159 g/mol. The molecule has 1 rings (SSSR count). The zero-order valence-corrected chi connectivity index (χ0v) is 7.30. The van der Waals surface area contributed by atoms with Gasteiger partial charge in [-0.1, -0.05) is 36.3 Å². The minimum absolute atomic E-state index is 0.921. The average Bonchev–Trinajstić information content (AvgIpc) is 2.14. The van der Waals surface area contributed by atoms with Crippen LogP contribution in [0.5, 0.6) is 0 Å². The van der Waals surface area contributed by atoms with E-state index in [4.69, 9.17) is 0 Å². The lowest BCUT2D eigenvalue weighted by atomic mass is 10.1. The van der Waals surface area contributed by atoms with Crippen molar-refractivity contribution in [3.63, 3.8) is 0 Å². The molecule has 0 saturated heterocycles. The Balaban J connectivity index is 2.34. The Hall–Kier alpha value is -1.42. The summed E-state index contributed by atoms with van der Waals surface area (Å²) in [4.78, 5) is 0. The maximum absolute atomic E-state index is 3.02. The maximum Gasteiger partial charge on any atom is 0.0147 e. The summed E-state index contributed by atoms with van der Waals surface area (Å²) in [5.41, 5.74) is 1.35. The molecule has 0 aliphatic carbocycles. The van der Waals surface area contributed by atoms with E-state index in [0.717, 1.165) is 12.8 Å². The largest absolute Gasteiger partial charge is 0.349 e. The van der Waals surface area contributed by atoms with Crippen molar-refractivity contribution in [3.8, 4) is 12.0 Å². The highest BCUT2D eigenvalue weighted by molar-refractivity contribution is 5.16. The molecule has 0 heterocycles. The van der Waals surface area contributed by atoms with Gasteiger partial charge in [-0.05, 0) is 12.0 Å². The topological polar surface area (TPSA) is 12.0 Å². The van der Waals surface area contributed by atoms with Crippen LogP contribution in [0.1, 0.15) is 12.0 Å². The highest BCUT2D eigenvalue weighted by atomic mass is 14.8. The number of hydrogen-bond acceptors (Lipinski definition) is 1. The Kier molecular flexibility index (Phi) is 3.80. The molecule has 0 bridgehead atoms. The zero-order valence-electron chi connectivity index (χ0n) is 7.30. The van der Waals surface area contributed by atoms with Gasteiger partial charge in [-0.15, -0.1) is 0 Å². The summed E-state index contributed by atoms with van der Waals surface area (Å²) in [5, 5.41) is 2.79. The second-order valence-corrected chi connectivity index (χ2v) is 2.54. The van der Waals surface area contributed by atoms with E-state index in [1.54, 1.807) is 0 Å². The minimum Gasteiger partial charge on any atom is -0.349 e. The van der Waals surface area contributed by atoms with Crippen LogP contribution in [-0.2, 0) is 6.42 Å². The average molecular weight is 159 g/mol. The molecule has 0 amide bonds. The second kappa shape index (κ2) is 5.26. The van der Waals surface area contributed by atoms with Gasteiger partial charge in [0.1, 0.15) is 0 Å². The molecule has 1 N–H and O–H groups in total. The third kappa shape index (κ3) is 3.12. The molecule has 0 aliphatic heterocycles. The molecule has 12 heavy (non-hydrogen) atoms. The first-order valence-electron chi connectivity index (χ1n) is 4.12. The summed E-state index contributed by atoms with van der Waals surface area (Å²) in [6, 6.07) is 13.2. The predicted octanol–water partition coefficient (Wildman–Crippen LogP) is 1.80. The van der Waals surface area contributed by atoms with Crippen molar-refractivity contribution in [1.82, 2.24) is 5.32 Å². The third-order valence-electron chi connectivity index (χ3n) is 1.59.